The van der Waals surface area contributed by atoms with E-state index in [1.165, 1.54) is 25.4 Å². The van der Waals surface area contributed by atoms with Crippen LogP contribution in [0.2, 0.25) is 0 Å². The average Bonchev–Trinajstić information content (AvgIpc) is 2.84. The molecule has 0 atom stereocenters. The first kappa shape index (κ1) is 15.8. The molecule has 1 heterocycles. The van der Waals surface area contributed by atoms with Crippen LogP contribution in [0.4, 0.5) is 0 Å². The molecule has 2 aromatic carbocycles. The van der Waals surface area contributed by atoms with Crippen LogP contribution >= 0.6 is 22.6 Å². The summed E-state index contributed by atoms with van der Waals surface area (Å²) in [5, 5.41) is 2.63. The minimum Gasteiger partial charge on any atom is -0.379 e. The summed E-state index contributed by atoms with van der Waals surface area (Å²) in [7, 11) is 0. The lowest BCUT2D eigenvalue weighted by Gasteiger charge is -2.08. The van der Waals surface area contributed by atoms with Gasteiger partial charge in [-0.15, -0.1) is 0 Å². The summed E-state index contributed by atoms with van der Waals surface area (Å²) in [6, 6.07) is 15.2. The predicted molar refractivity (Wildman–Crippen MR) is 99.5 cm³/mol. The highest BCUT2D eigenvalue weighted by Gasteiger charge is 2.10. The lowest BCUT2D eigenvalue weighted by atomic mass is 10.2. The number of fused-ring (bicyclic) bond motifs is 3. The molecule has 0 fully saturated rings. The van der Waals surface area contributed by atoms with Gasteiger partial charge in [0.15, 0.2) is 0 Å². The van der Waals surface area contributed by atoms with Gasteiger partial charge in [-0.25, -0.2) is 0 Å². The van der Waals surface area contributed by atoms with E-state index in [0.29, 0.717) is 19.8 Å². The summed E-state index contributed by atoms with van der Waals surface area (Å²) < 4.78 is 14.6. The monoisotopic (exact) mass is 409 g/mol. The van der Waals surface area contributed by atoms with Crippen molar-refractivity contribution in [1.29, 1.82) is 0 Å². The summed E-state index contributed by atoms with van der Waals surface area (Å²) >= 11 is 2.37. The summed E-state index contributed by atoms with van der Waals surface area (Å²) in [4.78, 5) is 0. The lowest BCUT2D eigenvalue weighted by molar-refractivity contribution is 0.0503. The molecule has 3 aromatic rings. The molecule has 116 valence electrons. The van der Waals surface area contributed by atoms with Crippen LogP contribution < -0.4 is 0 Å². The zero-order valence-corrected chi connectivity index (χ0v) is 14.9. The smallest absolute Gasteiger partial charge is 0.0701 e. The second-order valence-electron chi connectivity index (χ2n) is 5.14. The zero-order chi connectivity index (χ0) is 15.4. The van der Waals surface area contributed by atoms with Crippen molar-refractivity contribution in [2.45, 2.75) is 13.5 Å². The van der Waals surface area contributed by atoms with Gasteiger partial charge >= 0.3 is 0 Å². The Balaban J connectivity index is 1.84. The van der Waals surface area contributed by atoms with Crippen molar-refractivity contribution in [3.05, 3.63) is 46.0 Å². The molecule has 3 rings (SSSR count). The SMILES string of the molecule is CCOCCOCCn1c2ccccc2c2cc(I)ccc21. The quantitative estimate of drug-likeness (QED) is 0.425. The molecule has 0 spiro atoms. The van der Waals surface area contributed by atoms with Crippen molar-refractivity contribution in [1.82, 2.24) is 4.57 Å². The number of para-hydroxylation sites is 1. The molecule has 0 aliphatic carbocycles. The maximum absolute atomic E-state index is 5.68. The van der Waals surface area contributed by atoms with E-state index in [9.17, 15) is 0 Å². The molecule has 0 saturated carbocycles. The Morgan fingerprint density at radius 1 is 0.909 bits per heavy atom. The van der Waals surface area contributed by atoms with Crippen LogP contribution in [0, 0.1) is 3.57 Å². The predicted octanol–water partition coefficient (Wildman–Crippen LogP) is 4.45. The van der Waals surface area contributed by atoms with Crippen LogP contribution in [-0.4, -0.2) is 31.0 Å². The van der Waals surface area contributed by atoms with Gasteiger partial charge in [-0.05, 0) is 53.8 Å². The Hall–Kier alpha value is -1.11. The number of aromatic nitrogens is 1. The highest BCUT2D eigenvalue weighted by atomic mass is 127. The van der Waals surface area contributed by atoms with Gasteiger partial charge in [0.25, 0.3) is 0 Å². The molecular formula is C18H20INO2. The molecule has 0 aliphatic heterocycles. The Morgan fingerprint density at radius 3 is 2.55 bits per heavy atom. The maximum atomic E-state index is 5.68. The third kappa shape index (κ3) is 3.29. The van der Waals surface area contributed by atoms with Gasteiger partial charge in [0.1, 0.15) is 0 Å². The van der Waals surface area contributed by atoms with Crippen LogP contribution in [0.5, 0.6) is 0 Å². The number of hydrogen-bond acceptors (Lipinski definition) is 2. The average molecular weight is 409 g/mol. The van der Waals surface area contributed by atoms with Crippen LogP contribution in [0.25, 0.3) is 21.8 Å². The van der Waals surface area contributed by atoms with E-state index in [4.69, 9.17) is 9.47 Å². The fourth-order valence-corrected chi connectivity index (χ4v) is 3.28. The van der Waals surface area contributed by atoms with E-state index in [0.717, 1.165) is 13.2 Å². The topological polar surface area (TPSA) is 23.4 Å². The molecule has 4 heteroatoms. The van der Waals surface area contributed by atoms with Crippen molar-refractivity contribution >= 4 is 44.4 Å². The number of ether oxygens (including phenoxy) is 2. The maximum Gasteiger partial charge on any atom is 0.0701 e. The van der Waals surface area contributed by atoms with Crippen LogP contribution in [0.1, 0.15) is 6.92 Å². The third-order valence-corrected chi connectivity index (χ3v) is 4.44. The summed E-state index contributed by atoms with van der Waals surface area (Å²) in [5.41, 5.74) is 2.54. The van der Waals surface area contributed by atoms with E-state index < -0.39 is 0 Å². The highest BCUT2D eigenvalue weighted by molar-refractivity contribution is 14.1. The standard InChI is InChI=1S/C18H20INO2/c1-2-21-11-12-22-10-9-20-17-6-4-3-5-15(17)16-13-14(19)7-8-18(16)20/h3-8,13H,2,9-12H2,1H3. The van der Waals surface area contributed by atoms with Crippen molar-refractivity contribution in [2.24, 2.45) is 0 Å². The van der Waals surface area contributed by atoms with Gasteiger partial charge in [0.2, 0.25) is 0 Å². The summed E-state index contributed by atoms with van der Waals surface area (Å²) in [6.45, 7) is 5.63. The van der Waals surface area contributed by atoms with Crippen molar-refractivity contribution in [3.63, 3.8) is 0 Å². The van der Waals surface area contributed by atoms with E-state index in [-0.39, 0.29) is 0 Å². The fourth-order valence-electron chi connectivity index (χ4n) is 2.79. The molecule has 0 unspecified atom stereocenters. The molecule has 0 N–H and O–H groups in total. The number of hydrogen-bond donors (Lipinski definition) is 0. The zero-order valence-electron chi connectivity index (χ0n) is 12.7. The van der Waals surface area contributed by atoms with E-state index in [1.54, 1.807) is 0 Å². The first-order chi connectivity index (χ1) is 10.8. The summed E-state index contributed by atoms with van der Waals surface area (Å²) in [5.74, 6) is 0. The molecule has 22 heavy (non-hydrogen) atoms. The van der Waals surface area contributed by atoms with Gasteiger partial charge in [-0.2, -0.15) is 0 Å². The summed E-state index contributed by atoms with van der Waals surface area (Å²) in [6.07, 6.45) is 0. The molecule has 1 aromatic heterocycles. The first-order valence-electron chi connectivity index (χ1n) is 7.63. The molecule has 3 nitrogen and oxygen atoms in total. The second kappa shape index (κ2) is 7.44. The lowest BCUT2D eigenvalue weighted by Crippen LogP contribution is -2.09. The van der Waals surface area contributed by atoms with Crippen LogP contribution in [0.3, 0.4) is 0 Å². The van der Waals surface area contributed by atoms with Gasteiger partial charge in [-0.3, -0.25) is 0 Å². The molecule has 0 bridgehead atoms. The molecule has 0 amide bonds. The number of nitrogens with zero attached hydrogens (tertiary/aromatic N) is 1. The molecule has 0 saturated heterocycles. The third-order valence-electron chi connectivity index (χ3n) is 3.77. The largest absolute Gasteiger partial charge is 0.379 e. The van der Waals surface area contributed by atoms with Crippen molar-refractivity contribution in [3.8, 4) is 0 Å². The minimum atomic E-state index is 0.656. The Morgan fingerprint density at radius 2 is 1.68 bits per heavy atom. The first-order valence-corrected chi connectivity index (χ1v) is 8.71. The normalized spacial score (nSPS) is 11.5. The van der Waals surface area contributed by atoms with Crippen molar-refractivity contribution < 1.29 is 9.47 Å². The van der Waals surface area contributed by atoms with Crippen LogP contribution in [0.15, 0.2) is 42.5 Å². The number of halogens is 1. The molecule has 0 radical (unpaired) electrons. The van der Waals surface area contributed by atoms with Gasteiger partial charge in [0.05, 0.1) is 19.8 Å². The van der Waals surface area contributed by atoms with Crippen molar-refractivity contribution in [2.75, 3.05) is 26.4 Å². The molecular weight excluding hydrogens is 389 g/mol. The van der Waals surface area contributed by atoms with E-state index in [1.807, 2.05) is 6.92 Å². The number of rotatable bonds is 7. The van der Waals surface area contributed by atoms with Gasteiger partial charge < -0.3 is 14.0 Å². The van der Waals surface area contributed by atoms with E-state index >= 15 is 0 Å². The highest BCUT2D eigenvalue weighted by Crippen LogP contribution is 2.29. The minimum absolute atomic E-state index is 0.656. The van der Waals surface area contributed by atoms with Crippen LogP contribution in [-0.2, 0) is 16.0 Å². The second-order valence-corrected chi connectivity index (χ2v) is 6.39. The van der Waals surface area contributed by atoms with Gasteiger partial charge in [0, 0.05) is 38.5 Å². The van der Waals surface area contributed by atoms with Gasteiger partial charge in [-0.1, -0.05) is 18.2 Å². The fraction of sp³-hybridized carbons (Fsp3) is 0.333. The Bertz CT molecular complexity index is 766. The Kier molecular flexibility index (Phi) is 5.33. The van der Waals surface area contributed by atoms with E-state index in [2.05, 4.69) is 69.6 Å². The number of benzene rings is 2. The Labute approximate surface area is 144 Å². The molecule has 0 aliphatic rings.